The first-order chi connectivity index (χ1) is 9.31. The average Bonchev–Trinajstić information content (AvgIpc) is 2.81. The second kappa shape index (κ2) is 7.04. The second-order valence-corrected chi connectivity index (χ2v) is 5.09. The molecule has 0 aliphatic heterocycles. The fourth-order valence-electron chi connectivity index (χ4n) is 1.51. The molecule has 1 aromatic rings. The predicted molar refractivity (Wildman–Crippen MR) is 73.6 cm³/mol. The molecule has 0 bridgehead atoms. The number of nitrogens with two attached hydrogens (primary N) is 1. The zero-order chi connectivity index (χ0) is 15.3. The van der Waals surface area contributed by atoms with E-state index in [0.29, 0.717) is 11.7 Å². The summed E-state index contributed by atoms with van der Waals surface area (Å²) in [6.45, 7) is 7.10. The van der Waals surface area contributed by atoms with Gasteiger partial charge >= 0.3 is 0 Å². The minimum atomic E-state index is -0.616. The van der Waals surface area contributed by atoms with Crippen LogP contribution in [0.1, 0.15) is 38.5 Å². The Morgan fingerprint density at radius 2 is 2.05 bits per heavy atom. The van der Waals surface area contributed by atoms with E-state index in [9.17, 15) is 9.59 Å². The van der Waals surface area contributed by atoms with Crippen LogP contribution < -0.4 is 16.4 Å². The van der Waals surface area contributed by atoms with Gasteiger partial charge in [-0.05, 0) is 19.8 Å². The summed E-state index contributed by atoms with van der Waals surface area (Å²) in [6.07, 6.45) is 1.58. The summed E-state index contributed by atoms with van der Waals surface area (Å²) >= 11 is 0. The average molecular weight is 282 g/mol. The van der Waals surface area contributed by atoms with Crippen molar-refractivity contribution in [2.45, 2.75) is 39.8 Å². The van der Waals surface area contributed by atoms with Gasteiger partial charge < -0.3 is 20.8 Å². The fraction of sp³-hybridized carbons (Fsp3) is 0.615. The van der Waals surface area contributed by atoms with Crippen molar-refractivity contribution in [3.63, 3.8) is 0 Å². The molecule has 1 unspecified atom stereocenters. The number of rotatable bonds is 6. The van der Waals surface area contributed by atoms with Crippen molar-refractivity contribution < 1.29 is 14.0 Å². The van der Waals surface area contributed by atoms with E-state index < -0.39 is 6.04 Å². The molecule has 7 nitrogen and oxygen atoms in total. The first-order valence-electron chi connectivity index (χ1n) is 6.56. The Bertz CT molecular complexity index is 470. The SMILES string of the molecule is Cc1cnc(C(C)NC(=O)CNC(=O)[C@@H](N)C(C)C)o1. The molecule has 0 radical (unpaired) electrons. The van der Waals surface area contributed by atoms with Crippen LogP contribution in [0.4, 0.5) is 0 Å². The highest BCUT2D eigenvalue weighted by molar-refractivity contribution is 5.87. The maximum Gasteiger partial charge on any atom is 0.240 e. The van der Waals surface area contributed by atoms with Gasteiger partial charge in [-0.2, -0.15) is 0 Å². The van der Waals surface area contributed by atoms with Crippen molar-refractivity contribution in [2.24, 2.45) is 11.7 Å². The molecule has 0 aromatic carbocycles. The molecule has 4 N–H and O–H groups in total. The molecule has 0 saturated heterocycles. The molecule has 1 heterocycles. The highest BCUT2D eigenvalue weighted by atomic mass is 16.4. The number of nitrogens with zero attached hydrogens (tertiary/aromatic N) is 1. The smallest absolute Gasteiger partial charge is 0.240 e. The van der Waals surface area contributed by atoms with Crippen molar-refractivity contribution in [1.29, 1.82) is 0 Å². The lowest BCUT2D eigenvalue weighted by Gasteiger charge is -2.16. The monoisotopic (exact) mass is 282 g/mol. The number of hydrogen-bond donors (Lipinski definition) is 3. The number of carbonyl (C=O) groups excluding carboxylic acids is 2. The maximum absolute atomic E-state index is 11.7. The molecule has 1 aromatic heterocycles. The largest absolute Gasteiger partial charge is 0.444 e. The van der Waals surface area contributed by atoms with E-state index in [0.717, 1.165) is 0 Å². The highest BCUT2D eigenvalue weighted by Gasteiger charge is 2.19. The van der Waals surface area contributed by atoms with E-state index in [1.54, 1.807) is 20.0 Å². The topological polar surface area (TPSA) is 110 Å². The number of aromatic nitrogens is 1. The molecule has 112 valence electrons. The first kappa shape index (κ1) is 16.2. The van der Waals surface area contributed by atoms with Gasteiger partial charge in [0.1, 0.15) is 11.8 Å². The van der Waals surface area contributed by atoms with Crippen molar-refractivity contribution in [3.05, 3.63) is 17.8 Å². The molecular formula is C13H22N4O3. The van der Waals surface area contributed by atoms with Gasteiger partial charge in [0.25, 0.3) is 0 Å². The lowest BCUT2D eigenvalue weighted by atomic mass is 10.1. The van der Waals surface area contributed by atoms with Gasteiger partial charge in [-0.3, -0.25) is 9.59 Å². The fourth-order valence-corrected chi connectivity index (χ4v) is 1.51. The summed E-state index contributed by atoms with van der Waals surface area (Å²) in [7, 11) is 0. The van der Waals surface area contributed by atoms with Gasteiger partial charge in [0, 0.05) is 0 Å². The normalized spacial score (nSPS) is 13.9. The quantitative estimate of drug-likeness (QED) is 0.693. The molecule has 2 amide bonds. The number of oxazole rings is 1. The molecule has 0 fully saturated rings. The summed E-state index contributed by atoms with van der Waals surface area (Å²) in [5.74, 6) is 0.470. The molecule has 0 aliphatic carbocycles. The highest BCUT2D eigenvalue weighted by Crippen LogP contribution is 2.11. The lowest BCUT2D eigenvalue weighted by Crippen LogP contribution is -2.47. The van der Waals surface area contributed by atoms with Crippen LogP contribution in [0.3, 0.4) is 0 Å². The summed E-state index contributed by atoms with van der Waals surface area (Å²) in [5, 5.41) is 5.18. The summed E-state index contributed by atoms with van der Waals surface area (Å²) in [6, 6.07) is -0.971. The molecule has 0 aliphatic rings. The molecule has 20 heavy (non-hydrogen) atoms. The number of aryl methyl sites for hydroxylation is 1. The van der Waals surface area contributed by atoms with Crippen LogP contribution in [0.25, 0.3) is 0 Å². The number of hydrogen-bond acceptors (Lipinski definition) is 5. The third kappa shape index (κ3) is 4.65. The van der Waals surface area contributed by atoms with Crippen LogP contribution in [0, 0.1) is 12.8 Å². The molecular weight excluding hydrogens is 260 g/mol. The zero-order valence-corrected chi connectivity index (χ0v) is 12.3. The van der Waals surface area contributed by atoms with Crippen molar-refractivity contribution >= 4 is 11.8 Å². The van der Waals surface area contributed by atoms with Crippen molar-refractivity contribution in [2.75, 3.05) is 6.54 Å². The van der Waals surface area contributed by atoms with Crippen molar-refractivity contribution in [3.8, 4) is 0 Å². The molecule has 0 spiro atoms. The van der Waals surface area contributed by atoms with E-state index in [1.165, 1.54) is 0 Å². The Morgan fingerprint density at radius 1 is 1.40 bits per heavy atom. The Kier molecular flexibility index (Phi) is 5.69. The number of nitrogens with one attached hydrogen (secondary N) is 2. The van der Waals surface area contributed by atoms with E-state index >= 15 is 0 Å². The van der Waals surface area contributed by atoms with Gasteiger partial charge in [0.05, 0.1) is 18.8 Å². The van der Waals surface area contributed by atoms with Gasteiger partial charge in [0.2, 0.25) is 17.7 Å². The van der Waals surface area contributed by atoms with Crippen LogP contribution in [-0.2, 0) is 9.59 Å². The first-order valence-corrected chi connectivity index (χ1v) is 6.56. The Balaban J connectivity index is 2.39. The lowest BCUT2D eigenvalue weighted by molar-refractivity contribution is -0.127. The summed E-state index contributed by atoms with van der Waals surface area (Å²) < 4.78 is 5.31. The van der Waals surface area contributed by atoms with E-state index in [-0.39, 0.29) is 30.3 Å². The maximum atomic E-state index is 11.7. The summed E-state index contributed by atoms with van der Waals surface area (Å²) in [4.78, 5) is 27.3. The van der Waals surface area contributed by atoms with E-state index in [4.69, 9.17) is 10.2 Å². The predicted octanol–water partition coefficient (Wildman–Crippen LogP) is 0.260. The van der Waals surface area contributed by atoms with Crippen LogP contribution >= 0.6 is 0 Å². The molecule has 1 rings (SSSR count). The number of carbonyl (C=O) groups is 2. The molecule has 0 saturated carbocycles. The number of amides is 2. The Labute approximate surface area is 118 Å². The zero-order valence-electron chi connectivity index (χ0n) is 12.3. The van der Waals surface area contributed by atoms with Crippen LogP contribution in [0.5, 0.6) is 0 Å². The third-order valence-electron chi connectivity index (χ3n) is 2.83. The summed E-state index contributed by atoms with van der Waals surface area (Å²) in [5.41, 5.74) is 5.67. The minimum absolute atomic E-state index is 0.0206. The van der Waals surface area contributed by atoms with Crippen LogP contribution in [0.15, 0.2) is 10.6 Å². The Morgan fingerprint density at radius 3 is 2.55 bits per heavy atom. The van der Waals surface area contributed by atoms with E-state index in [2.05, 4.69) is 15.6 Å². The van der Waals surface area contributed by atoms with E-state index in [1.807, 2.05) is 13.8 Å². The molecule has 2 atom stereocenters. The minimum Gasteiger partial charge on any atom is -0.444 e. The molecule has 7 heteroatoms. The van der Waals surface area contributed by atoms with Gasteiger partial charge in [-0.15, -0.1) is 0 Å². The van der Waals surface area contributed by atoms with Gasteiger partial charge in [-0.25, -0.2) is 4.98 Å². The second-order valence-electron chi connectivity index (χ2n) is 5.09. The van der Waals surface area contributed by atoms with Crippen molar-refractivity contribution in [1.82, 2.24) is 15.6 Å². The van der Waals surface area contributed by atoms with Crippen LogP contribution in [-0.4, -0.2) is 29.4 Å². The third-order valence-corrected chi connectivity index (χ3v) is 2.83. The van der Waals surface area contributed by atoms with Gasteiger partial charge in [-0.1, -0.05) is 13.8 Å². The van der Waals surface area contributed by atoms with Crippen LogP contribution in [0.2, 0.25) is 0 Å². The Hall–Kier alpha value is -1.89. The van der Waals surface area contributed by atoms with Gasteiger partial charge in [0.15, 0.2) is 0 Å². The standard InChI is InChI=1S/C13H22N4O3/c1-7(2)11(14)12(19)15-6-10(18)17-9(4)13-16-5-8(3)20-13/h5,7,9,11H,6,14H2,1-4H3,(H,15,19)(H,17,18)/t9?,11-/m0/s1.